The van der Waals surface area contributed by atoms with E-state index in [4.69, 9.17) is 4.74 Å². The highest BCUT2D eigenvalue weighted by Gasteiger charge is 2.25. The normalized spacial score (nSPS) is 14.6. The zero-order valence-electron chi connectivity index (χ0n) is 21.5. The first-order valence-electron chi connectivity index (χ1n) is 12.8. The van der Waals surface area contributed by atoms with Crippen LogP contribution in [0.1, 0.15) is 35.0 Å². The molecule has 4 heterocycles. The lowest BCUT2D eigenvalue weighted by Crippen LogP contribution is -2.33. The predicted octanol–water partition coefficient (Wildman–Crippen LogP) is 3.27. The third-order valence-corrected chi connectivity index (χ3v) is 7.51. The van der Waals surface area contributed by atoms with Crippen LogP contribution in [-0.4, -0.2) is 62.8 Å². The maximum atomic E-state index is 12.2. The molecule has 1 saturated heterocycles. The quantitative estimate of drug-likeness (QED) is 0.254. The van der Waals surface area contributed by atoms with Gasteiger partial charge in [-0.2, -0.15) is 0 Å². The second kappa shape index (κ2) is 12.6. The van der Waals surface area contributed by atoms with Gasteiger partial charge in [0.15, 0.2) is 11.6 Å². The minimum absolute atomic E-state index is 0.182. The first-order chi connectivity index (χ1) is 19.1. The van der Waals surface area contributed by atoms with Gasteiger partial charge >= 0.3 is 0 Å². The van der Waals surface area contributed by atoms with Crippen LogP contribution in [0.2, 0.25) is 0 Å². The van der Waals surface area contributed by atoms with E-state index in [2.05, 4.69) is 40.9 Å². The number of methoxy groups -OCH3 is 1. The van der Waals surface area contributed by atoms with Gasteiger partial charge in [-0.1, -0.05) is 35.6 Å². The second-order valence-corrected chi connectivity index (χ2v) is 10.2. The number of hydrogen-bond donors (Lipinski definition) is 3. The fourth-order valence-corrected chi connectivity index (χ4v) is 5.46. The highest BCUT2D eigenvalue weighted by atomic mass is 32.1. The van der Waals surface area contributed by atoms with Crippen molar-refractivity contribution in [1.82, 2.24) is 25.4 Å². The van der Waals surface area contributed by atoms with E-state index >= 15 is 0 Å². The summed E-state index contributed by atoms with van der Waals surface area (Å²) in [4.78, 5) is 18.6. The van der Waals surface area contributed by atoms with Gasteiger partial charge in [0.2, 0.25) is 11.0 Å². The average Bonchev–Trinajstić information content (AvgIpc) is 3.42. The van der Waals surface area contributed by atoms with Crippen molar-refractivity contribution in [2.24, 2.45) is 0 Å². The van der Waals surface area contributed by atoms with E-state index in [9.17, 15) is 9.90 Å². The molecule has 0 bridgehead atoms. The van der Waals surface area contributed by atoms with Gasteiger partial charge in [-0.3, -0.25) is 9.78 Å². The van der Waals surface area contributed by atoms with Crippen molar-refractivity contribution in [3.63, 3.8) is 0 Å². The number of ether oxygens (including phenoxy) is 1. The molecule has 11 nitrogen and oxygen atoms in total. The maximum Gasteiger partial charge on any atom is 0.231 e. The Morgan fingerprint density at radius 3 is 2.64 bits per heavy atom. The minimum atomic E-state index is -0.801. The van der Waals surface area contributed by atoms with Gasteiger partial charge in [-0.25, -0.2) is 0 Å². The summed E-state index contributed by atoms with van der Waals surface area (Å²) in [6.07, 6.45) is 3.25. The summed E-state index contributed by atoms with van der Waals surface area (Å²) in [5.41, 5.74) is 1.62. The molecule has 1 atom stereocenters. The summed E-state index contributed by atoms with van der Waals surface area (Å²) < 4.78 is 5.37. The van der Waals surface area contributed by atoms with Gasteiger partial charge in [0.1, 0.15) is 17.0 Å². The second-order valence-electron chi connectivity index (χ2n) is 9.21. The Morgan fingerprint density at radius 2 is 1.90 bits per heavy atom. The fraction of sp³-hybridized carbons (Fsp3) is 0.333. The Morgan fingerprint density at radius 1 is 1.08 bits per heavy atom. The third-order valence-electron chi connectivity index (χ3n) is 6.49. The molecule has 39 heavy (non-hydrogen) atoms. The topological polar surface area (TPSA) is 138 Å². The number of amides is 1. The highest BCUT2D eigenvalue weighted by Crippen LogP contribution is 2.33. The number of rotatable bonds is 10. The van der Waals surface area contributed by atoms with Crippen LogP contribution in [0.25, 0.3) is 0 Å². The average molecular weight is 547 g/mol. The molecule has 1 amide bonds. The van der Waals surface area contributed by atoms with E-state index in [-0.39, 0.29) is 12.3 Å². The Hall–Kier alpha value is -4.16. The Labute approximate surface area is 230 Å². The van der Waals surface area contributed by atoms with Crippen LogP contribution >= 0.6 is 11.3 Å². The lowest BCUT2D eigenvalue weighted by atomic mass is 9.98. The van der Waals surface area contributed by atoms with Crippen molar-refractivity contribution in [3.8, 4) is 5.75 Å². The number of para-hydroxylation sites is 1. The Bertz CT molecular complexity index is 1360. The molecule has 3 N–H and O–H groups in total. The number of anilines is 3. The van der Waals surface area contributed by atoms with Crippen molar-refractivity contribution in [1.29, 1.82) is 0 Å². The van der Waals surface area contributed by atoms with Crippen molar-refractivity contribution in [2.45, 2.75) is 37.8 Å². The summed E-state index contributed by atoms with van der Waals surface area (Å²) >= 11 is 1.48. The molecule has 0 saturated carbocycles. The molecule has 5 rings (SSSR count). The van der Waals surface area contributed by atoms with Crippen LogP contribution < -0.4 is 20.3 Å². The third kappa shape index (κ3) is 7.03. The van der Waals surface area contributed by atoms with E-state index in [1.54, 1.807) is 19.4 Å². The molecular formula is C27H30N8O3S. The monoisotopic (exact) mass is 546 g/mol. The number of hydrogen-bond acceptors (Lipinski definition) is 11. The molecular weight excluding hydrogens is 516 g/mol. The van der Waals surface area contributed by atoms with Crippen molar-refractivity contribution in [3.05, 3.63) is 77.1 Å². The van der Waals surface area contributed by atoms with E-state index in [0.29, 0.717) is 29.0 Å². The number of aliphatic hydroxyl groups is 1. The van der Waals surface area contributed by atoms with Gasteiger partial charge < -0.3 is 25.4 Å². The summed E-state index contributed by atoms with van der Waals surface area (Å²) in [7, 11) is 1.62. The molecule has 3 aromatic heterocycles. The number of aromatic nitrogens is 5. The molecule has 4 aromatic rings. The molecule has 0 spiro atoms. The van der Waals surface area contributed by atoms with Crippen molar-refractivity contribution in [2.75, 3.05) is 35.7 Å². The molecule has 1 fully saturated rings. The number of carbonyl (C=O) groups is 1. The molecule has 12 heteroatoms. The first-order valence-corrected chi connectivity index (χ1v) is 13.6. The highest BCUT2D eigenvalue weighted by molar-refractivity contribution is 7.15. The van der Waals surface area contributed by atoms with Gasteiger partial charge in [0, 0.05) is 37.3 Å². The molecule has 1 aromatic carbocycles. The molecule has 202 valence electrons. The number of piperidine rings is 1. The Balaban J connectivity index is 1.09. The van der Waals surface area contributed by atoms with Crippen LogP contribution in [0.3, 0.4) is 0 Å². The van der Waals surface area contributed by atoms with Crippen LogP contribution in [0.5, 0.6) is 5.75 Å². The van der Waals surface area contributed by atoms with E-state index < -0.39 is 6.23 Å². The van der Waals surface area contributed by atoms with Crippen LogP contribution in [0.4, 0.5) is 16.8 Å². The number of nitrogens with one attached hydrogen (secondary N) is 2. The number of pyridine rings is 1. The molecule has 1 aliphatic rings. The summed E-state index contributed by atoms with van der Waals surface area (Å²) in [5.74, 6) is 2.04. The van der Waals surface area contributed by atoms with Crippen LogP contribution in [-0.2, 0) is 17.6 Å². The van der Waals surface area contributed by atoms with Gasteiger partial charge in [0.05, 0.1) is 13.5 Å². The lowest BCUT2D eigenvalue weighted by Gasteiger charge is -2.31. The van der Waals surface area contributed by atoms with Crippen molar-refractivity contribution < 1.29 is 14.6 Å². The number of aliphatic hydroxyl groups excluding tert-OH is 1. The summed E-state index contributed by atoms with van der Waals surface area (Å²) in [6.45, 7) is 1.62. The van der Waals surface area contributed by atoms with Crippen LogP contribution in [0.15, 0.2) is 60.8 Å². The molecule has 1 aliphatic heterocycles. The molecule has 1 unspecified atom stereocenters. The first kappa shape index (κ1) is 26.4. The standard InChI is InChI=1S/C27H30N8O3S/c1-38-21-8-3-2-6-19(21)16-24(36)30-27-34-33-26(39-27)18-11-14-35(15-12-18)23-10-9-22(31-32-23)29-25(37)17-20-7-4-5-13-28-20/h2-10,13,18,24,36H,11-12,14-17H2,1H3,(H,30,34)(H,29,31,37). The lowest BCUT2D eigenvalue weighted by molar-refractivity contribution is -0.115. The minimum Gasteiger partial charge on any atom is -0.496 e. The number of benzene rings is 1. The zero-order chi connectivity index (χ0) is 27.0. The van der Waals surface area contributed by atoms with Gasteiger partial charge in [-0.15, -0.1) is 20.4 Å². The Kier molecular flexibility index (Phi) is 8.54. The number of carbonyl (C=O) groups excluding carboxylic acids is 1. The van der Waals surface area contributed by atoms with E-state index in [1.807, 2.05) is 48.5 Å². The van der Waals surface area contributed by atoms with Crippen LogP contribution in [0, 0.1) is 0 Å². The zero-order valence-corrected chi connectivity index (χ0v) is 22.3. The fourth-order valence-electron chi connectivity index (χ4n) is 4.50. The van der Waals surface area contributed by atoms with E-state index in [0.717, 1.165) is 48.1 Å². The smallest absolute Gasteiger partial charge is 0.231 e. The SMILES string of the molecule is COc1ccccc1CC(O)Nc1nnc(C2CCN(c3ccc(NC(=O)Cc4ccccn4)nn3)CC2)s1. The molecule has 0 aliphatic carbocycles. The van der Waals surface area contributed by atoms with Gasteiger partial charge in [-0.05, 0) is 48.7 Å². The summed E-state index contributed by atoms with van der Waals surface area (Å²) in [5, 5.41) is 35.0. The molecule has 0 radical (unpaired) electrons. The van der Waals surface area contributed by atoms with E-state index in [1.165, 1.54) is 11.3 Å². The summed E-state index contributed by atoms with van der Waals surface area (Å²) in [6, 6.07) is 16.7. The largest absolute Gasteiger partial charge is 0.496 e. The number of nitrogens with zero attached hydrogens (tertiary/aromatic N) is 6. The predicted molar refractivity (Wildman–Crippen MR) is 149 cm³/mol. The maximum absolute atomic E-state index is 12.2. The van der Waals surface area contributed by atoms with Crippen molar-refractivity contribution >= 4 is 34.0 Å². The van der Waals surface area contributed by atoms with Gasteiger partial charge in [0.25, 0.3) is 0 Å².